The normalized spacial score (nSPS) is 13.6. The topological polar surface area (TPSA) is 51.8 Å². The number of furan rings is 1. The highest BCUT2D eigenvalue weighted by Crippen LogP contribution is 2.63. The molecule has 0 radical (unpaired) electrons. The number of fused-ring (bicyclic) bond motifs is 12. The van der Waals surface area contributed by atoms with Crippen LogP contribution < -0.4 is 0 Å². The molecule has 5 heteroatoms. The maximum Gasteiger partial charge on any atom is 0.164 e. The zero-order valence-electron chi connectivity index (χ0n) is 27.2. The van der Waals surface area contributed by atoms with Crippen molar-refractivity contribution < 1.29 is 4.42 Å². The van der Waals surface area contributed by atoms with Gasteiger partial charge in [0.15, 0.2) is 17.5 Å². The molecule has 0 bridgehead atoms. The molecule has 0 fully saturated rings. The summed E-state index contributed by atoms with van der Waals surface area (Å²) in [5, 5.41) is 2.25. The summed E-state index contributed by atoms with van der Waals surface area (Å²) in [5.74, 6) is 1.94. The number of para-hydroxylation sites is 1. The Morgan fingerprint density at radius 1 is 0.392 bits per heavy atom. The molecule has 11 rings (SSSR count). The van der Waals surface area contributed by atoms with Gasteiger partial charge in [-0.15, -0.1) is 0 Å². The maximum atomic E-state index is 6.56. The van der Waals surface area contributed by atoms with Crippen LogP contribution in [0.25, 0.3) is 67.2 Å². The van der Waals surface area contributed by atoms with Crippen LogP contribution in [0.2, 0.25) is 0 Å². The van der Waals surface area contributed by atoms with Crippen LogP contribution in [-0.2, 0) is 5.41 Å². The molecule has 0 amide bonds. The Morgan fingerprint density at radius 3 is 1.61 bits per heavy atom. The van der Waals surface area contributed by atoms with E-state index in [4.69, 9.17) is 19.4 Å². The van der Waals surface area contributed by atoms with E-state index in [0.29, 0.717) is 17.5 Å². The lowest BCUT2D eigenvalue weighted by atomic mass is 9.67. The number of hydrogen-bond donors (Lipinski definition) is 0. The lowest BCUT2D eigenvalue weighted by molar-refractivity contribution is 0.664. The van der Waals surface area contributed by atoms with Crippen LogP contribution >= 0.6 is 11.8 Å². The summed E-state index contributed by atoms with van der Waals surface area (Å²) in [6.07, 6.45) is 0. The minimum Gasteiger partial charge on any atom is -0.456 e. The van der Waals surface area contributed by atoms with Gasteiger partial charge in [0.25, 0.3) is 0 Å². The highest BCUT2D eigenvalue weighted by atomic mass is 32.2. The Bertz CT molecular complexity index is 2740. The predicted molar refractivity (Wildman–Crippen MR) is 205 cm³/mol. The van der Waals surface area contributed by atoms with E-state index in [1.54, 1.807) is 0 Å². The van der Waals surface area contributed by atoms with E-state index in [9.17, 15) is 0 Å². The zero-order valence-corrected chi connectivity index (χ0v) is 28.1. The first-order valence-electron chi connectivity index (χ1n) is 17.1. The van der Waals surface area contributed by atoms with E-state index in [0.717, 1.165) is 38.6 Å². The lowest BCUT2D eigenvalue weighted by Crippen LogP contribution is -2.32. The van der Waals surface area contributed by atoms with E-state index < -0.39 is 5.41 Å². The van der Waals surface area contributed by atoms with Crippen molar-refractivity contribution in [1.29, 1.82) is 0 Å². The predicted octanol–water partition coefficient (Wildman–Crippen LogP) is 11.6. The standard InChI is InChI=1S/C46H27N3OS/c1-3-13-28(14-4-1)43-47-44(29-15-5-2-6-16-29)49-45(48-43)30-23-24-31-33-26-34-32-17-7-10-20-39(32)50-40(34)27-38(33)46(37(31)25-30)35-18-8-11-21-41(35)51-42-22-12-9-19-36(42)46/h1-27H. The summed E-state index contributed by atoms with van der Waals surface area (Å²) in [6, 6.07) is 57.8. The third-order valence-electron chi connectivity index (χ3n) is 10.4. The Balaban J connectivity index is 1.23. The van der Waals surface area contributed by atoms with Crippen molar-refractivity contribution in [3.63, 3.8) is 0 Å². The molecule has 2 aromatic heterocycles. The minimum atomic E-state index is -0.580. The molecule has 2 aliphatic rings. The molecule has 0 atom stereocenters. The summed E-state index contributed by atoms with van der Waals surface area (Å²) in [7, 11) is 0. The third kappa shape index (κ3) is 4.13. The molecule has 0 saturated carbocycles. The molecule has 4 nitrogen and oxygen atoms in total. The van der Waals surface area contributed by atoms with Crippen molar-refractivity contribution in [1.82, 2.24) is 15.0 Å². The van der Waals surface area contributed by atoms with Gasteiger partial charge in [0.2, 0.25) is 0 Å². The van der Waals surface area contributed by atoms with Crippen LogP contribution in [0, 0.1) is 0 Å². The average Bonchev–Trinajstić information content (AvgIpc) is 3.70. The van der Waals surface area contributed by atoms with Crippen molar-refractivity contribution >= 4 is 33.7 Å². The SMILES string of the molecule is c1ccc(-c2nc(-c3ccccc3)nc(-c3ccc4c(c3)C3(c5ccccc5Sc5ccccc53)c3cc5oc6ccccc6c5cc3-4)n2)cc1. The molecule has 1 spiro atoms. The highest BCUT2D eigenvalue weighted by molar-refractivity contribution is 7.99. The van der Waals surface area contributed by atoms with Crippen molar-refractivity contribution in [2.45, 2.75) is 15.2 Å². The Kier molecular flexibility index (Phi) is 6.07. The van der Waals surface area contributed by atoms with Crippen LogP contribution in [0.1, 0.15) is 22.3 Å². The molecule has 0 saturated heterocycles. The Hall–Kier alpha value is -6.30. The number of hydrogen-bond acceptors (Lipinski definition) is 5. The molecule has 9 aromatic rings. The molecule has 3 heterocycles. The Morgan fingerprint density at radius 2 is 0.941 bits per heavy atom. The highest BCUT2D eigenvalue weighted by Gasteiger charge is 2.50. The smallest absolute Gasteiger partial charge is 0.164 e. The molecule has 238 valence electrons. The van der Waals surface area contributed by atoms with Gasteiger partial charge in [0, 0.05) is 37.3 Å². The molecular formula is C46H27N3OS. The van der Waals surface area contributed by atoms with Crippen LogP contribution in [0.15, 0.2) is 178 Å². The first-order valence-corrected chi connectivity index (χ1v) is 17.9. The second-order valence-electron chi connectivity index (χ2n) is 13.1. The fourth-order valence-electron chi connectivity index (χ4n) is 8.19. The molecule has 1 aliphatic heterocycles. The van der Waals surface area contributed by atoms with Gasteiger partial charge in [-0.2, -0.15) is 0 Å². The quantitative estimate of drug-likeness (QED) is 0.187. The summed E-state index contributed by atoms with van der Waals surface area (Å²) >= 11 is 1.84. The van der Waals surface area contributed by atoms with E-state index in [-0.39, 0.29) is 0 Å². The summed E-state index contributed by atoms with van der Waals surface area (Å²) in [6.45, 7) is 0. The van der Waals surface area contributed by atoms with E-state index in [2.05, 4.69) is 121 Å². The molecule has 51 heavy (non-hydrogen) atoms. The van der Waals surface area contributed by atoms with Crippen LogP contribution in [-0.4, -0.2) is 15.0 Å². The van der Waals surface area contributed by atoms with Gasteiger partial charge in [0.1, 0.15) is 11.2 Å². The summed E-state index contributed by atoms with van der Waals surface area (Å²) in [5.41, 5.74) is 11.5. The minimum absolute atomic E-state index is 0.580. The summed E-state index contributed by atoms with van der Waals surface area (Å²) in [4.78, 5) is 17.7. The third-order valence-corrected chi connectivity index (χ3v) is 11.5. The molecule has 0 unspecified atom stereocenters. The number of aromatic nitrogens is 3. The van der Waals surface area contributed by atoms with Crippen LogP contribution in [0.5, 0.6) is 0 Å². The van der Waals surface area contributed by atoms with E-state index >= 15 is 0 Å². The van der Waals surface area contributed by atoms with Gasteiger partial charge < -0.3 is 4.42 Å². The van der Waals surface area contributed by atoms with Gasteiger partial charge in [-0.1, -0.05) is 139 Å². The van der Waals surface area contributed by atoms with Crippen molar-refractivity contribution in [2.75, 3.05) is 0 Å². The van der Waals surface area contributed by atoms with Crippen LogP contribution in [0.3, 0.4) is 0 Å². The Labute approximate surface area is 298 Å². The molecule has 0 N–H and O–H groups in total. The second-order valence-corrected chi connectivity index (χ2v) is 14.2. The van der Waals surface area contributed by atoms with Crippen LogP contribution in [0.4, 0.5) is 0 Å². The fraction of sp³-hybridized carbons (Fsp3) is 0.0217. The lowest BCUT2D eigenvalue weighted by Gasteiger charge is -2.39. The molecule has 1 aliphatic carbocycles. The van der Waals surface area contributed by atoms with Gasteiger partial charge in [0.05, 0.1) is 5.41 Å². The van der Waals surface area contributed by atoms with Crippen molar-refractivity contribution in [2.24, 2.45) is 0 Å². The second kappa shape index (κ2) is 10.8. The van der Waals surface area contributed by atoms with Gasteiger partial charge in [-0.25, -0.2) is 15.0 Å². The molecule has 7 aromatic carbocycles. The van der Waals surface area contributed by atoms with E-state index in [1.165, 1.54) is 43.2 Å². The van der Waals surface area contributed by atoms with Gasteiger partial charge in [-0.05, 0) is 69.8 Å². The molecular weight excluding hydrogens is 643 g/mol. The van der Waals surface area contributed by atoms with Gasteiger partial charge >= 0.3 is 0 Å². The van der Waals surface area contributed by atoms with E-state index in [1.807, 2.05) is 54.2 Å². The first-order chi connectivity index (χ1) is 25.3. The van der Waals surface area contributed by atoms with Crippen molar-refractivity contribution in [3.05, 3.63) is 186 Å². The number of benzene rings is 7. The monoisotopic (exact) mass is 669 g/mol. The zero-order chi connectivity index (χ0) is 33.5. The van der Waals surface area contributed by atoms with Gasteiger partial charge in [-0.3, -0.25) is 0 Å². The number of rotatable bonds is 3. The first kappa shape index (κ1) is 28.5. The fourth-order valence-corrected chi connectivity index (χ4v) is 9.38. The average molecular weight is 670 g/mol. The maximum absolute atomic E-state index is 6.56. The largest absolute Gasteiger partial charge is 0.456 e. The number of nitrogens with zero attached hydrogens (tertiary/aromatic N) is 3. The van der Waals surface area contributed by atoms with Crippen molar-refractivity contribution in [3.8, 4) is 45.3 Å². The summed E-state index contributed by atoms with van der Waals surface area (Å²) < 4.78 is 6.56.